The molecule has 1 unspecified atom stereocenters. The van der Waals surface area contributed by atoms with E-state index in [1.54, 1.807) is 34.2 Å². The number of benzene rings is 1. The fourth-order valence-electron chi connectivity index (χ4n) is 4.27. The fraction of sp³-hybridized carbons (Fsp3) is 0.333. The second-order valence-electron chi connectivity index (χ2n) is 8.59. The second kappa shape index (κ2) is 8.35. The number of thiophene rings is 1. The topological polar surface area (TPSA) is 73.0 Å². The van der Waals surface area contributed by atoms with Crippen LogP contribution >= 0.6 is 11.3 Å². The van der Waals surface area contributed by atoms with Crippen LogP contribution in [0.15, 0.2) is 53.8 Å². The molecule has 1 aromatic carbocycles. The van der Waals surface area contributed by atoms with Crippen LogP contribution in [0, 0.1) is 5.92 Å². The molecular weight excluding hydrogens is 422 g/mol. The van der Waals surface area contributed by atoms with Crippen molar-refractivity contribution in [3.05, 3.63) is 75.4 Å². The Balaban J connectivity index is 1.32. The van der Waals surface area contributed by atoms with Crippen LogP contribution in [0.25, 0.3) is 15.9 Å². The molecule has 0 aliphatic heterocycles. The van der Waals surface area contributed by atoms with E-state index in [4.69, 9.17) is 0 Å². The SMILES string of the molecule is CC1CCc2c(sc3ncn(CC(=O)N(C)Cc4cnn(-c5ccccc5)c4)c(=O)c23)C1. The first kappa shape index (κ1) is 20.6. The summed E-state index contributed by atoms with van der Waals surface area (Å²) in [7, 11) is 1.74. The summed E-state index contributed by atoms with van der Waals surface area (Å²) >= 11 is 1.62. The van der Waals surface area contributed by atoms with Gasteiger partial charge in [0.25, 0.3) is 5.56 Å². The molecule has 164 valence electrons. The summed E-state index contributed by atoms with van der Waals surface area (Å²) in [5, 5.41) is 5.09. The molecule has 1 aliphatic rings. The summed E-state index contributed by atoms with van der Waals surface area (Å²) in [6, 6.07) is 9.83. The zero-order valence-electron chi connectivity index (χ0n) is 18.2. The number of likely N-dealkylation sites (N-methyl/N-ethyl adjacent to an activating group) is 1. The van der Waals surface area contributed by atoms with E-state index in [2.05, 4.69) is 17.0 Å². The quantitative estimate of drug-likeness (QED) is 0.470. The number of para-hydroxylation sites is 1. The van der Waals surface area contributed by atoms with Crippen molar-refractivity contribution in [1.29, 1.82) is 0 Å². The average molecular weight is 448 g/mol. The molecule has 0 bridgehead atoms. The standard InChI is InChI=1S/C24H25N5O2S/c1-16-8-9-19-20(10-16)32-23-22(19)24(31)28(15-25-23)14-21(30)27(2)12-17-11-26-29(13-17)18-6-4-3-5-7-18/h3-7,11,13,15-16H,8-10,12,14H2,1-2H3. The van der Waals surface area contributed by atoms with Crippen LogP contribution in [0.3, 0.4) is 0 Å². The molecule has 32 heavy (non-hydrogen) atoms. The first-order valence-corrected chi connectivity index (χ1v) is 11.6. The van der Waals surface area contributed by atoms with Gasteiger partial charge in [0.2, 0.25) is 5.91 Å². The first-order chi connectivity index (χ1) is 15.5. The lowest BCUT2D eigenvalue weighted by Crippen LogP contribution is -2.33. The predicted molar refractivity (Wildman–Crippen MR) is 125 cm³/mol. The normalized spacial score (nSPS) is 15.6. The molecule has 1 amide bonds. The summed E-state index contributed by atoms with van der Waals surface area (Å²) < 4.78 is 3.23. The Morgan fingerprint density at radius 1 is 1.28 bits per heavy atom. The van der Waals surface area contributed by atoms with Crippen molar-refractivity contribution < 1.29 is 4.79 Å². The van der Waals surface area contributed by atoms with Crippen molar-refractivity contribution >= 4 is 27.5 Å². The maximum atomic E-state index is 13.2. The largest absolute Gasteiger partial charge is 0.340 e. The number of amides is 1. The lowest BCUT2D eigenvalue weighted by molar-refractivity contribution is -0.131. The van der Waals surface area contributed by atoms with Crippen LogP contribution in [0.1, 0.15) is 29.3 Å². The van der Waals surface area contributed by atoms with Gasteiger partial charge in [0.05, 0.1) is 23.6 Å². The smallest absolute Gasteiger partial charge is 0.262 e. The van der Waals surface area contributed by atoms with Crippen LogP contribution in [0.2, 0.25) is 0 Å². The molecule has 0 N–H and O–H groups in total. The van der Waals surface area contributed by atoms with E-state index in [0.717, 1.165) is 40.9 Å². The van der Waals surface area contributed by atoms with Gasteiger partial charge in [-0.2, -0.15) is 5.10 Å². The molecule has 0 radical (unpaired) electrons. The number of carbonyl (C=O) groups excluding carboxylic acids is 1. The second-order valence-corrected chi connectivity index (χ2v) is 9.67. The van der Waals surface area contributed by atoms with E-state index in [1.165, 1.54) is 15.8 Å². The Morgan fingerprint density at radius 2 is 2.09 bits per heavy atom. The highest BCUT2D eigenvalue weighted by Crippen LogP contribution is 2.35. The third-order valence-electron chi connectivity index (χ3n) is 6.09. The van der Waals surface area contributed by atoms with E-state index < -0.39 is 0 Å². The minimum atomic E-state index is -0.140. The van der Waals surface area contributed by atoms with Crippen molar-refractivity contribution in [2.75, 3.05) is 7.05 Å². The zero-order chi connectivity index (χ0) is 22.2. The summed E-state index contributed by atoms with van der Waals surface area (Å²) in [4.78, 5) is 34.2. The van der Waals surface area contributed by atoms with Gasteiger partial charge in [-0.3, -0.25) is 14.2 Å². The van der Waals surface area contributed by atoms with E-state index in [-0.39, 0.29) is 18.0 Å². The van der Waals surface area contributed by atoms with E-state index in [9.17, 15) is 9.59 Å². The third kappa shape index (κ3) is 3.86. The fourth-order valence-corrected chi connectivity index (χ4v) is 5.61. The first-order valence-electron chi connectivity index (χ1n) is 10.8. The van der Waals surface area contributed by atoms with Crippen molar-refractivity contribution in [3.63, 3.8) is 0 Å². The molecule has 0 saturated heterocycles. The number of rotatable bonds is 5. The van der Waals surface area contributed by atoms with Crippen molar-refractivity contribution in [2.24, 2.45) is 5.92 Å². The maximum Gasteiger partial charge on any atom is 0.262 e. The molecule has 3 aromatic heterocycles. The monoisotopic (exact) mass is 447 g/mol. The Kier molecular flexibility index (Phi) is 5.38. The van der Waals surface area contributed by atoms with Crippen molar-refractivity contribution in [2.45, 2.75) is 39.3 Å². The van der Waals surface area contributed by atoms with Gasteiger partial charge in [0, 0.05) is 30.2 Å². The number of hydrogen-bond acceptors (Lipinski definition) is 5. The Hall–Kier alpha value is -3.26. The molecular formula is C24H25N5O2S. The van der Waals surface area contributed by atoms with Crippen LogP contribution in [-0.4, -0.2) is 37.2 Å². The highest BCUT2D eigenvalue weighted by Gasteiger charge is 2.23. The number of nitrogens with zero attached hydrogens (tertiary/aromatic N) is 5. The highest BCUT2D eigenvalue weighted by molar-refractivity contribution is 7.18. The van der Waals surface area contributed by atoms with Crippen LogP contribution in [0.5, 0.6) is 0 Å². The predicted octanol–water partition coefficient (Wildman–Crippen LogP) is 3.43. The van der Waals surface area contributed by atoms with Gasteiger partial charge in [0.15, 0.2) is 0 Å². The van der Waals surface area contributed by atoms with Gasteiger partial charge >= 0.3 is 0 Å². The van der Waals surface area contributed by atoms with E-state index in [1.807, 2.05) is 36.5 Å². The van der Waals surface area contributed by atoms with E-state index >= 15 is 0 Å². The summed E-state index contributed by atoms with van der Waals surface area (Å²) in [5.41, 5.74) is 2.92. The molecule has 0 saturated carbocycles. The van der Waals surface area contributed by atoms with Gasteiger partial charge in [0.1, 0.15) is 11.4 Å². The van der Waals surface area contributed by atoms with Gasteiger partial charge in [-0.05, 0) is 42.9 Å². The Labute approximate surface area is 189 Å². The molecule has 1 atom stereocenters. The number of hydrogen-bond donors (Lipinski definition) is 0. The third-order valence-corrected chi connectivity index (χ3v) is 7.25. The van der Waals surface area contributed by atoms with Gasteiger partial charge in [-0.15, -0.1) is 11.3 Å². The maximum absolute atomic E-state index is 13.2. The Bertz CT molecular complexity index is 1340. The Morgan fingerprint density at radius 3 is 2.91 bits per heavy atom. The lowest BCUT2D eigenvalue weighted by atomic mass is 9.89. The molecule has 1 aliphatic carbocycles. The van der Waals surface area contributed by atoms with Crippen LogP contribution in [0.4, 0.5) is 0 Å². The van der Waals surface area contributed by atoms with Gasteiger partial charge < -0.3 is 4.90 Å². The van der Waals surface area contributed by atoms with Crippen molar-refractivity contribution in [1.82, 2.24) is 24.2 Å². The molecule has 7 nitrogen and oxygen atoms in total. The number of aromatic nitrogens is 4. The number of aryl methyl sites for hydroxylation is 1. The van der Waals surface area contributed by atoms with E-state index in [0.29, 0.717) is 17.8 Å². The molecule has 8 heteroatoms. The van der Waals surface area contributed by atoms with Crippen molar-refractivity contribution in [3.8, 4) is 5.69 Å². The van der Waals surface area contributed by atoms with Gasteiger partial charge in [-0.1, -0.05) is 25.1 Å². The highest BCUT2D eigenvalue weighted by atomic mass is 32.1. The molecule has 4 aromatic rings. The zero-order valence-corrected chi connectivity index (χ0v) is 19.0. The molecule has 0 fully saturated rings. The molecule has 3 heterocycles. The number of fused-ring (bicyclic) bond motifs is 3. The average Bonchev–Trinajstić information content (AvgIpc) is 3.40. The van der Waals surface area contributed by atoms with Gasteiger partial charge in [-0.25, -0.2) is 9.67 Å². The van der Waals surface area contributed by atoms with Crippen LogP contribution in [-0.2, 0) is 30.7 Å². The molecule has 5 rings (SSSR count). The molecule has 0 spiro atoms. The minimum absolute atomic E-state index is 0.0217. The summed E-state index contributed by atoms with van der Waals surface area (Å²) in [6.07, 6.45) is 8.19. The lowest BCUT2D eigenvalue weighted by Gasteiger charge is -2.18. The number of carbonyl (C=O) groups is 1. The van der Waals surface area contributed by atoms with Crippen LogP contribution < -0.4 is 5.56 Å². The minimum Gasteiger partial charge on any atom is -0.340 e. The summed E-state index contributed by atoms with van der Waals surface area (Å²) in [6.45, 7) is 2.64. The summed E-state index contributed by atoms with van der Waals surface area (Å²) in [5.74, 6) is 0.498.